The average molecular weight is 106 g/mol. The highest BCUT2D eigenvalue weighted by molar-refractivity contribution is 5.53. The molecule has 0 aliphatic carbocycles. The van der Waals surface area contributed by atoms with Gasteiger partial charge in [-0.1, -0.05) is 0 Å². The van der Waals surface area contributed by atoms with E-state index in [-0.39, 0.29) is 0 Å². The van der Waals surface area contributed by atoms with E-state index in [1.165, 1.54) is 0 Å². The van der Waals surface area contributed by atoms with Crippen LogP contribution in [0.2, 0.25) is 0 Å². The summed E-state index contributed by atoms with van der Waals surface area (Å²) in [6.45, 7) is 0. The van der Waals surface area contributed by atoms with Gasteiger partial charge in [0.2, 0.25) is 4.91 Å². The predicted octanol–water partition coefficient (Wildman–Crippen LogP) is 0.338. The highest BCUT2D eigenvalue weighted by Gasteiger charge is 1.70. The van der Waals surface area contributed by atoms with Gasteiger partial charge in [0, 0.05) is 0 Å². The van der Waals surface area contributed by atoms with Crippen molar-refractivity contribution in [3.05, 3.63) is 0 Å². The fraction of sp³-hybridized carbons (Fsp3) is 0. The largest absolute Gasteiger partial charge is 0.503 e. The summed E-state index contributed by atoms with van der Waals surface area (Å²) < 4.78 is 0. The van der Waals surface area contributed by atoms with Gasteiger partial charge in [-0.2, -0.15) is 0 Å². The third-order valence-corrected chi connectivity index (χ3v) is 0. The van der Waals surface area contributed by atoms with Gasteiger partial charge >= 0.3 is 6.16 Å². The average Bonchev–Trinajstić information content (AvgIpc) is 1.33. The van der Waals surface area contributed by atoms with E-state index >= 15 is 0 Å². The van der Waals surface area contributed by atoms with Crippen LogP contribution in [0.15, 0.2) is 0 Å². The van der Waals surface area contributed by atoms with Gasteiger partial charge in [0.15, 0.2) is 0 Å². The van der Waals surface area contributed by atoms with Crippen molar-refractivity contribution < 1.29 is 15.0 Å². The van der Waals surface area contributed by atoms with Crippen molar-refractivity contribution >= 4 is 6.16 Å². The first-order chi connectivity index (χ1) is 3.15. The Balaban J connectivity index is 0. The summed E-state index contributed by atoms with van der Waals surface area (Å²) in [5.74, 6) is 0. The quantitative estimate of drug-likeness (QED) is 0.263. The number of carboxylic acid groups (broad SMARTS) is 2. The van der Waals surface area contributed by atoms with Crippen LogP contribution in [0.5, 0.6) is 0 Å². The summed E-state index contributed by atoms with van der Waals surface area (Å²) >= 11 is 0. The topological polar surface area (TPSA) is 119 Å². The van der Waals surface area contributed by atoms with E-state index in [1.807, 2.05) is 4.91 Å². The standard InChI is InChI=1S/CH2O3.H2N3/c2-1(3)4;1-3-2/h(H2,2,3,4);1-2H/q;+1. The second-order valence-electron chi connectivity index (χ2n) is 0.394. The molecule has 0 aromatic rings. The molecule has 0 rings (SSSR count). The van der Waals surface area contributed by atoms with Crippen molar-refractivity contribution in [3.8, 4) is 0 Å². The highest BCUT2D eigenvalue weighted by atomic mass is 16.6. The predicted molar refractivity (Wildman–Crippen MR) is 18.2 cm³/mol. The lowest BCUT2D eigenvalue weighted by Crippen LogP contribution is -1.81. The third kappa shape index (κ3) is 15.1. The van der Waals surface area contributed by atoms with Crippen LogP contribution in [-0.4, -0.2) is 16.4 Å². The second-order valence-corrected chi connectivity index (χ2v) is 0.394. The maximum Gasteiger partial charge on any atom is 0.503 e. The molecular weight excluding hydrogens is 102 g/mol. The minimum atomic E-state index is -1.83. The van der Waals surface area contributed by atoms with Gasteiger partial charge in [-0.25, -0.2) is 4.79 Å². The van der Waals surface area contributed by atoms with E-state index in [2.05, 4.69) is 0 Å². The van der Waals surface area contributed by atoms with Crippen LogP contribution < -0.4 is 4.91 Å². The Bertz CT molecular complexity index is 78.2. The molecule has 0 heterocycles. The Morgan fingerprint density at radius 3 is 1.43 bits per heavy atom. The number of hydrogen-bond acceptors (Lipinski definition) is 3. The second kappa shape index (κ2) is 8.82. The Labute approximate surface area is 38.4 Å². The first-order valence-corrected chi connectivity index (χ1v) is 1.10. The summed E-state index contributed by atoms with van der Waals surface area (Å²) in [5.41, 5.74) is 11.0. The Morgan fingerprint density at radius 1 is 1.43 bits per heavy atom. The van der Waals surface area contributed by atoms with Crippen molar-refractivity contribution in [2.45, 2.75) is 0 Å². The molecule has 7 heavy (non-hydrogen) atoms. The molecule has 0 saturated heterocycles. The third-order valence-electron chi connectivity index (χ3n) is 0. The van der Waals surface area contributed by atoms with Gasteiger partial charge in [0.1, 0.15) is 11.1 Å². The summed E-state index contributed by atoms with van der Waals surface area (Å²) in [4.78, 5) is 10.6. The van der Waals surface area contributed by atoms with Gasteiger partial charge < -0.3 is 10.2 Å². The number of hydrogen-bond donors (Lipinski definition) is 4. The molecule has 0 fully saturated rings. The van der Waals surface area contributed by atoms with Gasteiger partial charge in [-0.05, 0) is 0 Å². The van der Waals surface area contributed by atoms with Crippen LogP contribution in [0.25, 0.3) is 0 Å². The molecule has 0 spiro atoms. The molecule has 0 unspecified atom stereocenters. The fourth-order valence-electron chi connectivity index (χ4n) is 0. The highest BCUT2D eigenvalue weighted by Crippen LogP contribution is 1.42. The Hall–Kier alpha value is -1.42. The molecule has 0 radical (unpaired) electrons. The zero-order valence-corrected chi connectivity index (χ0v) is 3.25. The van der Waals surface area contributed by atoms with Gasteiger partial charge in [-0.15, -0.1) is 0 Å². The summed E-state index contributed by atoms with van der Waals surface area (Å²) in [6.07, 6.45) is -1.83. The monoisotopic (exact) mass is 106 g/mol. The van der Waals surface area contributed by atoms with E-state index in [0.717, 1.165) is 0 Å². The van der Waals surface area contributed by atoms with E-state index in [9.17, 15) is 0 Å². The zero-order valence-electron chi connectivity index (χ0n) is 3.25. The first kappa shape index (κ1) is 9.13. The van der Waals surface area contributed by atoms with Crippen LogP contribution in [0.1, 0.15) is 0 Å². The number of nitrogens with zero attached hydrogens (tertiary/aromatic N) is 1. The summed E-state index contributed by atoms with van der Waals surface area (Å²) in [6, 6.07) is 0. The number of carbonyl (C=O) groups is 1. The zero-order chi connectivity index (χ0) is 6.28. The van der Waals surface area contributed by atoms with Crippen molar-refractivity contribution in [1.82, 2.24) is 4.91 Å². The van der Waals surface area contributed by atoms with Crippen LogP contribution in [0, 0.1) is 11.1 Å². The van der Waals surface area contributed by atoms with Gasteiger partial charge in [0.05, 0.1) is 0 Å². The van der Waals surface area contributed by atoms with E-state index in [1.54, 1.807) is 0 Å². The molecule has 0 amide bonds. The summed E-state index contributed by atoms with van der Waals surface area (Å²) in [5, 5.41) is 13.9. The SMILES string of the molecule is N=[N+]=N.O=C(O)O. The van der Waals surface area contributed by atoms with Gasteiger partial charge in [0.25, 0.3) is 0 Å². The first-order valence-electron chi connectivity index (χ1n) is 1.10. The van der Waals surface area contributed by atoms with Crippen molar-refractivity contribution in [2.24, 2.45) is 0 Å². The van der Waals surface area contributed by atoms with Crippen LogP contribution >= 0.6 is 0 Å². The van der Waals surface area contributed by atoms with E-state index in [4.69, 9.17) is 26.1 Å². The lowest BCUT2D eigenvalue weighted by molar-refractivity contribution is 0.137. The minimum absolute atomic E-state index is 1.83. The molecule has 6 heteroatoms. The maximum atomic E-state index is 8.56. The lowest BCUT2D eigenvalue weighted by Gasteiger charge is -1.60. The van der Waals surface area contributed by atoms with Crippen molar-refractivity contribution in [1.29, 1.82) is 11.1 Å². The lowest BCUT2D eigenvalue weighted by atomic mass is 11.5. The van der Waals surface area contributed by atoms with Crippen LogP contribution in [0.3, 0.4) is 0 Å². The normalized spacial score (nSPS) is 4.57. The molecule has 0 bridgehead atoms. The Morgan fingerprint density at radius 2 is 1.43 bits per heavy atom. The van der Waals surface area contributed by atoms with E-state index < -0.39 is 6.16 Å². The van der Waals surface area contributed by atoms with Crippen molar-refractivity contribution in [2.75, 3.05) is 0 Å². The number of nitrogens with one attached hydrogen (secondary N) is 2. The maximum absolute atomic E-state index is 8.56. The molecule has 0 aromatic heterocycles. The van der Waals surface area contributed by atoms with Crippen LogP contribution in [0.4, 0.5) is 4.79 Å². The molecule has 0 aliphatic rings. The van der Waals surface area contributed by atoms with Crippen LogP contribution in [-0.2, 0) is 0 Å². The van der Waals surface area contributed by atoms with Gasteiger partial charge in [-0.3, -0.25) is 0 Å². The Kier molecular flexibility index (Phi) is 11.5. The molecule has 0 atom stereocenters. The van der Waals surface area contributed by atoms with E-state index in [0.29, 0.717) is 0 Å². The smallest absolute Gasteiger partial charge is 0.450 e. The molecule has 6 nitrogen and oxygen atoms in total. The molecular formula is CH4N3O3+. The minimum Gasteiger partial charge on any atom is -0.450 e. The molecule has 4 N–H and O–H groups in total. The molecule has 0 aromatic carbocycles. The molecule has 40 valence electrons. The van der Waals surface area contributed by atoms with Crippen molar-refractivity contribution in [3.63, 3.8) is 0 Å². The summed E-state index contributed by atoms with van der Waals surface area (Å²) in [7, 11) is 0. The number of rotatable bonds is 0. The molecule has 0 aliphatic heterocycles. The molecule has 0 saturated carbocycles. The fourth-order valence-corrected chi connectivity index (χ4v) is 0.